The molecule has 1 saturated carbocycles. The Bertz CT molecular complexity index is 1230. The molecule has 3 aromatic rings. The summed E-state index contributed by atoms with van der Waals surface area (Å²) in [5, 5.41) is 3.67. The summed E-state index contributed by atoms with van der Waals surface area (Å²) in [7, 11) is 1.60. The number of halogens is 4. The van der Waals surface area contributed by atoms with Crippen molar-refractivity contribution in [2.45, 2.75) is 32.7 Å². The molecule has 2 heterocycles. The van der Waals surface area contributed by atoms with Crippen LogP contribution in [0.3, 0.4) is 0 Å². The van der Waals surface area contributed by atoms with E-state index in [2.05, 4.69) is 34.0 Å². The number of methoxy groups -OCH3 is 1. The highest BCUT2D eigenvalue weighted by atomic mass is 35.5. The lowest BCUT2D eigenvalue weighted by Gasteiger charge is -2.22. The van der Waals surface area contributed by atoms with Crippen molar-refractivity contribution in [3.05, 3.63) is 46.5 Å². The van der Waals surface area contributed by atoms with E-state index in [0.29, 0.717) is 46.8 Å². The maximum absolute atomic E-state index is 14.6. The Labute approximate surface area is 226 Å². The van der Waals surface area contributed by atoms with Crippen molar-refractivity contribution in [1.29, 1.82) is 0 Å². The first kappa shape index (κ1) is 27.0. The molecular weight excluding hydrogens is 526 g/mol. The van der Waals surface area contributed by atoms with Gasteiger partial charge in [-0.1, -0.05) is 23.2 Å². The predicted molar refractivity (Wildman–Crippen MR) is 145 cm³/mol. The molecule has 1 aliphatic heterocycles. The summed E-state index contributed by atoms with van der Waals surface area (Å²) in [6.07, 6.45) is 3.83. The van der Waals surface area contributed by atoms with Crippen LogP contribution in [0.4, 0.5) is 15.9 Å². The molecule has 2 aliphatic rings. The van der Waals surface area contributed by atoms with Crippen LogP contribution in [0.1, 0.15) is 26.7 Å². The van der Waals surface area contributed by atoms with Crippen molar-refractivity contribution in [2.24, 2.45) is 17.8 Å². The topological polar surface area (TPSA) is 59.5 Å². The van der Waals surface area contributed by atoms with E-state index >= 15 is 0 Å². The molecule has 0 unspecified atom stereocenters. The van der Waals surface area contributed by atoms with E-state index in [4.69, 9.17) is 32.7 Å². The van der Waals surface area contributed by atoms with Gasteiger partial charge in [-0.05, 0) is 62.6 Å². The minimum atomic E-state index is -0.643. The van der Waals surface area contributed by atoms with Gasteiger partial charge in [0.2, 0.25) is 0 Å². The minimum absolute atomic E-state index is 0. The average molecular weight is 556 g/mol. The van der Waals surface area contributed by atoms with Crippen LogP contribution in [0.5, 0.6) is 11.5 Å². The number of fused-ring (bicyclic) bond motifs is 2. The molecule has 2 aromatic carbocycles. The van der Waals surface area contributed by atoms with Gasteiger partial charge in [0.1, 0.15) is 12.1 Å². The molecule has 194 valence electrons. The Morgan fingerprint density at radius 2 is 1.83 bits per heavy atom. The summed E-state index contributed by atoms with van der Waals surface area (Å²) in [6.45, 7) is 7.61. The lowest BCUT2D eigenvalue weighted by atomic mass is 10.0. The maximum Gasteiger partial charge on any atom is 0.166 e. The monoisotopic (exact) mass is 554 g/mol. The molecule has 1 aromatic heterocycles. The summed E-state index contributed by atoms with van der Waals surface area (Å²) in [5.41, 5.74) is 0.830. The van der Waals surface area contributed by atoms with Crippen LogP contribution in [-0.4, -0.2) is 47.7 Å². The van der Waals surface area contributed by atoms with Gasteiger partial charge in [-0.25, -0.2) is 14.4 Å². The van der Waals surface area contributed by atoms with E-state index < -0.39 is 5.82 Å². The predicted octanol–water partition coefficient (Wildman–Crippen LogP) is 6.99. The summed E-state index contributed by atoms with van der Waals surface area (Å²) in [4.78, 5) is 11.3. The quantitative estimate of drug-likeness (QED) is 0.317. The van der Waals surface area contributed by atoms with Crippen molar-refractivity contribution in [1.82, 2.24) is 14.9 Å². The average Bonchev–Trinajstić information content (AvgIpc) is 3.42. The molecule has 5 rings (SSSR count). The molecule has 0 radical (unpaired) electrons. The zero-order valence-electron chi connectivity index (χ0n) is 20.4. The summed E-state index contributed by atoms with van der Waals surface area (Å²) in [5.74, 6) is 3.09. The Kier molecular flexibility index (Phi) is 8.35. The van der Waals surface area contributed by atoms with E-state index in [9.17, 15) is 4.39 Å². The van der Waals surface area contributed by atoms with Crippen molar-refractivity contribution >= 4 is 58.0 Å². The Morgan fingerprint density at radius 3 is 2.50 bits per heavy atom. The molecule has 6 nitrogen and oxygen atoms in total. The normalized spacial score (nSPS) is 21.5. The van der Waals surface area contributed by atoms with Crippen molar-refractivity contribution < 1.29 is 13.9 Å². The number of hydrogen-bond donors (Lipinski definition) is 1. The number of likely N-dealkylation sites (tertiary alicyclic amines) is 1. The molecule has 0 amide bonds. The van der Waals surface area contributed by atoms with Crippen molar-refractivity contribution in [2.75, 3.05) is 32.1 Å². The number of hydrogen-bond acceptors (Lipinski definition) is 6. The van der Waals surface area contributed by atoms with E-state index in [1.54, 1.807) is 7.11 Å². The Hall–Kier alpha value is -2.06. The largest absolute Gasteiger partial charge is 0.493 e. The van der Waals surface area contributed by atoms with Gasteiger partial charge in [-0.2, -0.15) is 0 Å². The fourth-order valence-electron chi connectivity index (χ4n) is 5.41. The van der Waals surface area contributed by atoms with Crippen LogP contribution < -0.4 is 14.8 Å². The maximum atomic E-state index is 14.6. The van der Waals surface area contributed by atoms with Crippen molar-refractivity contribution in [3.63, 3.8) is 0 Å². The molecule has 0 bridgehead atoms. The van der Waals surface area contributed by atoms with E-state index in [1.807, 2.05) is 12.1 Å². The van der Waals surface area contributed by atoms with Gasteiger partial charge in [0.05, 0.1) is 35.0 Å². The van der Waals surface area contributed by atoms with Crippen LogP contribution in [0.2, 0.25) is 10.0 Å². The molecule has 1 N–H and O–H groups in total. The molecule has 1 saturated heterocycles. The lowest BCUT2D eigenvalue weighted by molar-refractivity contribution is 0.209. The smallest absolute Gasteiger partial charge is 0.166 e. The molecule has 1 aliphatic carbocycles. The van der Waals surface area contributed by atoms with Gasteiger partial charge in [0.15, 0.2) is 17.3 Å². The summed E-state index contributed by atoms with van der Waals surface area (Å²) in [6, 6.07) is 7.33. The zero-order chi connectivity index (χ0) is 24.7. The van der Waals surface area contributed by atoms with Gasteiger partial charge in [0.25, 0.3) is 0 Å². The number of nitrogens with zero attached hydrogens (tertiary/aromatic N) is 3. The van der Waals surface area contributed by atoms with Gasteiger partial charge in [-0.3, -0.25) is 0 Å². The molecule has 36 heavy (non-hydrogen) atoms. The van der Waals surface area contributed by atoms with Gasteiger partial charge in [0, 0.05) is 30.6 Å². The molecule has 2 fully saturated rings. The van der Waals surface area contributed by atoms with Crippen LogP contribution in [0.25, 0.3) is 10.9 Å². The Morgan fingerprint density at radius 1 is 1.11 bits per heavy atom. The van der Waals surface area contributed by atoms with E-state index in [-0.39, 0.29) is 28.1 Å². The number of ether oxygens (including phenoxy) is 2. The number of anilines is 2. The number of aromatic nitrogens is 2. The standard InChI is InChI=1S/C26H29Cl2FN4O2.ClH/c1-14(2)33-10-16-6-15(7-17(16)11-33)12-35-23-9-21-18(8-22(23)34-3)26(31-13-30-21)32-20-5-4-19(27)24(28)25(20)29;/h4-5,8-9,13-17H,6-7,10-12H2,1-3H3,(H,30,31,32);1H/t15-,16+,17-;. The summed E-state index contributed by atoms with van der Waals surface area (Å²) < 4.78 is 26.5. The summed E-state index contributed by atoms with van der Waals surface area (Å²) >= 11 is 11.9. The molecular formula is C26H30Cl3FN4O2. The third kappa shape index (κ3) is 5.30. The highest BCUT2D eigenvalue weighted by Crippen LogP contribution is 2.43. The zero-order valence-corrected chi connectivity index (χ0v) is 22.8. The first-order valence-electron chi connectivity index (χ1n) is 11.9. The highest BCUT2D eigenvalue weighted by Gasteiger charge is 2.41. The van der Waals surface area contributed by atoms with E-state index in [1.165, 1.54) is 44.4 Å². The van der Waals surface area contributed by atoms with Gasteiger partial charge >= 0.3 is 0 Å². The fraction of sp³-hybridized carbons (Fsp3) is 0.462. The second-order valence-electron chi connectivity index (χ2n) is 9.81. The number of benzene rings is 2. The third-order valence-electron chi connectivity index (χ3n) is 7.29. The highest BCUT2D eigenvalue weighted by molar-refractivity contribution is 6.42. The van der Waals surface area contributed by atoms with Gasteiger partial charge < -0.3 is 19.7 Å². The first-order chi connectivity index (χ1) is 16.8. The third-order valence-corrected chi connectivity index (χ3v) is 8.07. The Balaban J connectivity index is 0.00000304. The molecule has 3 atom stereocenters. The first-order valence-corrected chi connectivity index (χ1v) is 12.7. The van der Waals surface area contributed by atoms with E-state index in [0.717, 1.165) is 11.8 Å². The van der Waals surface area contributed by atoms with Crippen LogP contribution in [0.15, 0.2) is 30.6 Å². The lowest BCUT2D eigenvalue weighted by Crippen LogP contribution is -2.29. The second kappa shape index (κ2) is 11.1. The number of nitrogens with one attached hydrogen (secondary N) is 1. The molecule has 0 spiro atoms. The SMILES string of the molecule is COc1cc2c(Nc3ccc(Cl)c(Cl)c3F)ncnc2cc1OC[C@H]1C[C@@H]2CN(C(C)C)C[C@@H]2C1.Cl. The fourth-order valence-corrected chi connectivity index (χ4v) is 5.72. The minimum Gasteiger partial charge on any atom is -0.493 e. The van der Waals surface area contributed by atoms with Crippen LogP contribution >= 0.6 is 35.6 Å². The number of rotatable bonds is 7. The van der Waals surface area contributed by atoms with Crippen LogP contribution in [-0.2, 0) is 0 Å². The van der Waals surface area contributed by atoms with Crippen LogP contribution in [0, 0.1) is 23.6 Å². The molecule has 10 heteroatoms. The van der Waals surface area contributed by atoms with Crippen molar-refractivity contribution in [3.8, 4) is 11.5 Å². The second-order valence-corrected chi connectivity index (χ2v) is 10.6. The van der Waals surface area contributed by atoms with Gasteiger partial charge in [-0.15, -0.1) is 12.4 Å².